The molecule has 0 radical (unpaired) electrons. The van der Waals surface area contributed by atoms with Gasteiger partial charge in [-0.1, -0.05) is 42.5 Å². The van der Waals surface area contributed by atoms with Crippen molar-refractivity contribution in [2.24, 2.45) is 16.6 Å². The van der Waals surface area contributed by atoms with Crippen molar-refractivity contribution in [3.63, 3.8) is 0 Å². The van der Waals surface area contributed by atoms with Gasteiger partial charge >= 0.3 is 0 Å². The van der Waals surface area contributed by atoms with E-state index in [1.807, 2.05) is 30.3 Å². The number of aliphatic imine (C=N–C) groups is 1. The molecule has 1 aliphatic carbocycles. The predicted molar refractivity (Wildman–Crippen MR) is 75.9 cm³/mol. The summed E-state index contributed by atoms with van der Waals surface area (Å²) in [5, 5.41) is 0. The molecule has 0 amide bonds. The summed E-state index contributed by atoms with van der Waals surface area (Å²) in [6.45, 7) is 0. The highest BCUT2D eigenvalue weighted by Crippen LogP contribution is 2.30. The van der Waals surface area contributed by atoms with Crippen molar-refractivity contribution in [1.82, 2.24) is 0 Å². The molecule has 0 aromatic heterocycles. The van der Waals surface area contributed by atoms with Crippen molar-refractivity contribution in [1.29, 1.82) is 0 Å². The molecule has 2 aromatic carbocycles. The number of nitrogens with two attached hydrogens (primary N) is 1. The Morgan fingerprint density at radius 2 is 1.50 bits per heavy atom. The lowest BCUT2D eigenvalue weighted by Crippen LogP contribution is -2.12. The number of rotatable bonds is 3. The zero-order valence-electron chi connectivity index (χ0n) is 10.2. The molecule has 1 aliphatic rings. The number of hydrogen-bond acceptors (Lipinski definition) is 1. The summed E-state index contributed by atoms with van der Waals surface area (Å²) in [6, 6.07) is 18.6. The quantitative estimate of drug-likeness (QED) is 0.639. The Balaban J connectivity index is 1.83. The highest BCUT2D eigenvalue weighted by molar-refractivity contribution is 5.87. The van der Waals surface area contributed by atoms with Crippen LogP contribution in [-0.2, 0) is 0 Å². The van der Waals surface area contributed by atoms with E-state index >= 15 is 0 Å². The molecule has 0 unspecified atom stereocenters. The standard InChI is InChI=1S/C16H16N2/c17-16(14-6-7-14)18-15-10-8-13(9-11-15)12-4-2-1-3-5-12/h1-5,8-11,14H,6-7H2,(H2,17,18). The van der Waals surface area contributed by atoms with Gasteiger partial charge in [0.05, 0.1) is 5.69 Å². The Morgan fingerprint density at radius 1 is 0.889 bits per heavy atom. The topological polar surface area (TPSA) is 38.4 Å². The molecule has 2 heteroatoms. The monoisotopic (exact) mass is 236 g/mol. The summed E-state index contributed by atoms with van der Waals surface area (Å²) in [5.74, 6) is 1.31. The third-order valence-corrected chi connectivity index (χ3v) is 3.23. The third-order valence-electron chi connectivity index (χ3n) is 3.23. The van der Waals surface area contributed by atoms with Gasteiger partial charge in [-0.15, -0.1) is 0 Å². The summed E-state index contributed by atoms with van der Waals surface area (Å²) in [4.78, 5) is 4.45. The number of nitrogens with zero attached hydrogens (tertiary/aromatic N) is 1. The van der Waals surface area contributed by atoms with Crippen LogP contribution in [0.4, 0.5) is 5.69 Å². The third kappa shape index (κ3) is 2.43. The van der Waals surface area contributed by atoms with Gasteiger partial charge < -0.3 is 5.73 Å². The van der Waals surface area contributed by atoms with Crippen molar-refractivity contribution in [3.05, 3.63) is 54.6 Å². The molecule has 18 heavy (non-hydrogen) atoms. The van der Waals surface area contributed by atoms with E-state index in [9.17, 15) is 0 Å². The van der Waals surface area contributed by atoms with E-state index in [4.69, 9.17) is 5.73 Å². The van der Waals surface area contributed by atoms with Crippen LogP contribution in [0.5, 0.6) is 0 Å². The smallest absolute Gasteiger partial charge is 0.103 e. The highest BCUT2D eigenvalue weighted by Gasteiger charge is 2.25. The fourth-order valence-corrected chi connectivity index (χ4v) is 1.98. The van der Waals surface area contributed by atoms with Crippen LogP contribution in [0.2, 0.25) is 0 Å². The Bertz CT molecular complexity index is 551. The zero-order valence-corrected chi connectivity index (χ0v) is 10.2. The lowest BCUT2D eigenvalue weighted by molar-refractivity contribution is 1.15. The minimum absolute atomic E-state index is 0.527. The van der Waals surface area contributed by atoms with Crippen molar-refractivity contribution in [3.8, 4) is 11.1 Å². The largest absolute Gasteiger partial charge is 0.387 e. The second-order valence-corrected chi connectivity index (χ2v) is 4.72. The predicted octanol–water partition coefficient (Wildman–Crippen LogP) is 3.75. The van der Waals surface area contributed by atoms with Crippen LogP contribution in [0.3, 0.4) is 0 Å². The van der Waals surface area contributed by atoms with Gasteiger partial charge in [0.25, 0.3) is 0 Å². The molecule has 2 aromatic rings. The molecule has 1 saturated carbocycles. The van der Waals surface area contributed by atoms with E-state index in [1.165, 1.54) is 24.0 Å². The van der Waals surface area contributed by atoms with Crippen LogP contribution >= 0.6 is 0 Å². The molecule has 2 N–H and O–H groups in total. The summed E-state index contributed by atoms with van der Waals surface area (Å²) >= 11 is 0. The van der Waals surface area contributed by atoms with Gasteiger partial charge in [0, 0.05) is 5.92 Å². The summed E-state index contributed by atoms with van der Waals surface area (Å²) < 4.78 is 0. The molecule has 90 valence electrons. The van der Waals surface area contributed by atoms with Crippen LogP contribution in [0.25, 0.3) is 11.1 Å². The summed E-state index contributed by atoms with van der Waals surface area (Å²) in [5.41, 5.74) is 9.29. The van der Waals surface area contributed by atoms with Crippen molar-refractivity contribution in [2.45, 2.75) is 12.8 Å². The Kier molecular flexibility index (Phi) is 2.85. The minimum atomic E-state index is 0.527. The summed E-state index contributed by atoms with van der Waals surface area (Å²) in [6.07, 6.45) is 2.38. The maximum Gasteiger partial charge on any atom is 0.103 e. The minimum Gasteiger partial charge on any atom is -0.387 e. The number of hydrogen-bond donors (Lipinski definition) is 1. The fraction of sp³-hybridized carbons (Fsp3) is 0.188. The van der Waals surface area contributed by atoms with Crippen molar-refractivity contribution in [2.75, 3.05) is 0 Å². The van der Waals surface area contributed by atoms with Gasteiger partial charge in [0.1, 0.15) is 5.84 Å². The van der Waals surface area contributed by atoms with E-state index in [-0.39, 0.29) is 0 Å². The molecule has 1 fully saturated rings. The van der Waals surface area contributed by atoms with E-state index in [1.54, 1.807) is 0 Å². The molecule has 0 aliphatic heterocycles. The zero-order chi connectivity index (χ0) is 12.4. The molecule has 0 bridgehead atoms. The molecular weight excluding hydrogens is 220 g/mol. The fourth-order valence-electron chi connectivity index (χ4n) is 1.98. The van der Waals surface area contributed by atoms with Gasteiger partial charge in [0.2, 0.25) is 0 Å². The van der Waals surface area contributed by atoms with Gasteiger partial charge in [0.15, 0.2) is 0 Å². The van der Waals surface area contributed by atoms with E-state index < -0.39 is 0 Å². The Labute approximate surface area is 107 Å². The first-order valence-corrected chi connectivity index (χ1v) is 6.32. The number of amidine groups is 1. The van der Waals surface area contributed by atoms with E-state index in [2.05, 4.69) is 29.3 Å². The molecule has 0 saturated heterocycles. The van der Waals surface area contributed by atoms with Gasteiger partial charge in [-0.3, -0.25) is 0 Å². The van der Waals surface area contributed by atoms with Crippen molar-refractivity contribution >= 4 is 11.5 Å². The van der Waals surface area contributed by atoms with E-state index in [0.29, 0.717) is 5.92 Å². The molecular formula is C16H16N2. The highest BCUT2D eigenvalue weighted by atomic mass is 14.9. The second kappa shape index (κ2) is 4.65. The average Bonchev–Trinajstić information content (AvgIpc) is 3.25. The second-order valence-electron chi connectivity index (χ2n) is 4.72. The summed E-state index contributed by atoms with van der Waals surface area (Å²) in [7, 11) is 0. The molecule has 0 spiro atoms. The average molecular weight is 236 g/mol. The molecule has 3 rings (SSSR count). The lowest BCUT2D eigenvalue weighted by atomic mass is 10.1. The normalized spacial score (nSPS) is 15.7. The number of benzene rings is 2. The Hall–Kier alpha value is -2.09. The first kappa shape index (κ1) is 11.0. The lowest BCUT2D eigenvalue weighted by Gasteiger charge is -2.02. The van der Waals surface area contributed by atoms with Crippen LogP contribution in [0.15, 0.2) is 59.6 Å². The SMILES string of the molecule is NC(=Nc1ccc(-c2ccccc2)cc1)C1CC1. The van der Waals surface area contributed by atoms with Crippen LogP contribution in [0.1, 0.15) is 12.8 Å². The molecule has 0 heterocycles. The van der Waals surface area contributed by atoms with Gasteiger partial charge in [-0.05, 0) is 36.1 Å². The first-order chi connectivity index (χ1) is 8.83. The van der Waals surface area contributed by atoms with Crippen LogP contribution in [-0.4, -0.2) is 5.84 Å². The molecule has 2 nitrogen and oxygen atoms in total. The van der Waals surface area contributed by atoms with Crippen LogP contribution in [0, 0.1) is 5.92 Å². The van der Waals surface area contributed by atoms with Gasteiger partial charge in [-0.2, -0.15) is 0 Å². The maximum absolute atomic E-state index is 5.91. The maximum atomic E-state index is 5.91. The van der Waals surface area contributed by atoms with Crippen LogP contribution < -0.4 is 5.73 Å². The molecule has 0 atom stereocenters. The van der Waals surface area contributed by atoms with Gasteiger partial charge in [-0.25, -0.2) is 4.99 Å². The van der Waals surface area contributed by atoms with E-state index in [0.717, 1.165) is 11.5 Å². The first-order valence-electron chi connectivity index (χ1n) is 6.32. The Morgan fingerprint density at radius 3 is 2.11 bits per heavy atom. The van der Waals surface area contributed by atoms with Crippen molar-refractivity contribution < 1.29 is 0 Å².